The van der Waals surface area contributed by atoms with Crippen LogP contribution in [0.2, 0.25) is 0 Å². The van der Waals surface area contributed by atoms with Crippen molar-refractivity contribution in [2.75, 3.05) is 13.2 Å². The highest BCUT2D eigenvalue weighted by molar-refractivity contribution is 7.83. The minimum atomic E-state index is -4.27. The van der Waals surface area contributed by atoms with Crippen molar-refractivity contribution >= 4 is 10.3 Å². The molecule has 0 spiro atoms. The summed E-state index contributed by atoms with van der Waals surface area (Å²) in [7, 11) is -4.27. The Morgan fingerprint density at radius 1 is 1.45 bits per heavy atom. The summed E-state index contributed by atoms with van der Waals surface area (Å²) in [5.41, 5.74) is 0. The van der Waals surface area contributed by atoms with Crippen LogP contribution in [0.1, 0.15) is 6.92 Å². The zero-order chi connectivity index (χ0) is 8.54. The van der Waals surface area contributed by atoms with E-state index in [1.165, 1.54) is 6.92 Å². The van der Waals surface area contributed by atoms with Crippen molar-refractivity contribution in [1.29, 1.82) is 0 Å². The van der Waals surface area contributed by atoms with E-state index in [9.17, 15) is 8.42 Å². The van der Waals surface area contributed by atoms with E-state index in [1.807, 2.05) is 0 Å². The lowest BCUT2D eigenvalue weighted by molar-refractivity contribution is -0.150. The highest BCUT2D eigenvalue weighted by Crippen LogP contribution is 2.14. The summed E-state index contributed by atoms with van der Waals surface area (Å²) in [6, 6.07) is 0. The smallest absolute Gasteiger partial charge is 0.334 e. The second-order valence-corrected chi connectivity index (χ2v) is 3.37. The van der Waals surface area contributed by atoms with Crippen LogP contribution in [0.15, 0.2) is 0 Å². The number of hydrogen-bond acceptors (Lipinski definition) is 4. The molecular formula is C4H9NO5S. The first kappa shape index (κ1) is 8.88. The van der Waals surface area contributed by atoms with Crippen LogP contribution in [0.25, 0.3) is 0 Å². The van der Waals surface area contributed by atoms with E-state index < -0.39 is 16.2 Å². The first-order valence-electron chi connectivity index (χ1n) is 2.96. The van der Waals surface area contributed by atoms with Gasteiger partial charge in [0.2, 0.25) is 5.91 Å². The number of ether oxygens (including phenoxy) is 2. The summed E-state index contributed by atoms with van der Waals surface area (Å²) in [4.78, 5) is 0. The summed E-state index contributed by atoms with van der Waals surface area (Å²) in [6.45, 7) is 1.98. The fourth-order valence-electron chi connectivity index (χ4n) is 0.808. The van der Waals surface area contributed by atoms with Crippen molar-refractivity contribution in [2.45, 2.75) is 12.8 Å². The van der Waals surface area contributed by atoms with Crippen LogP contribution in [0, 0.1) is 0 Å². The van der Waals surface area contributed by atoms with Gasteiger partial charge in [0.1, 0.15) is 0 Å². The third kappa shape index (κ3) is 2.72. The number of rotatable bonds is 2. The van der Waals surface area contributed by atoms with Gasteiger partial charge in [-0.05, 0) is 0 Å². The molecule has 7 heteroatoms. The van der Waals surface area contributed by atoms with E-state index in [-0.39, 0.29) is 0 Å². The van der Waals surface area contributed by atoms with Crippen LogP contribution in [-0.2, 0) is 19.8 Å². The van der Waals surface area contributed by atoms with Gasteiger partial charge in [0, 0.05) is 6.92 Å². The fraction of sp³-hybridized carbons (Fsp3) is 1.00. The minimum Gasteiger partial charge on any atom is -0.334 e. The molecule has 0 amide bonds. The molecule has 0 saturated carbocycles. The van der Waals surface area contributed by atoms with Gasteiger partial charge in [-0.1, -0.05) is 0 Å². The molecule has 0 bridgehead atoms. The molecule has 11 heavy (non-hydrogen) atoms. The summed E-state index contributed by atoms with van der Waals surface area (Å²) in [5.74, 6) is -1.41. The van der Waals surface area contributed by atoms with Gasteiger partial charge in [-0.3, -0.25) is 4.55 Å². The van der Waals surface area contributed by atoms with Gasteiger partial charge in [0.25, 0.3) is 0 Å². The Kier molecular flexibility index (Phi) is 2.17. The van der Waals surface area contributed by atoms with E-state index >= 15 is 0 Å². The Hall–Kier alpha value is -0.210. The standard InChI is InChI=1S/C4H9NO5S/c1-4(5-11(6,7)8)9-2-3-10-4/h5H,2-3H2,1H3,(H,6,7,8). The third-order valence-electron chi connectivity index (χ3n) is 1.15. The molecule has 0 aliphatic carbocycles. The van der Waals surface area contributed by atoms with Gasteiger partial charge in [-0.15, -0.1) is 4.72 Å². The number of nitrogens with one attached hydrogen (secondary N) is 1. The quantitative estimate of drug-likeness (QED) is 0.542. The fourth-order valence-corrected chi connectivity index (χ4v) is 1.39. The predicted molar refractivity (Wildman–Crippen MR) is 35.0 cm³/mol. The lowest BCUT2D eigenvalue weighted by atomic mass is 10.6. The molecule has 0 aromatic carbocycles. The monoisotopic (exact) mass is 183 g/mol. The second kappa shape index (κ2) is 2.68. The first-order valence-corrected chi connectivity index (χ1v) is 4.40. The predicted octanol–water partition coefficient (Wildman–Crippen LogP) is -0.901. The van der Waals surface area contributed by atoms with E-state index in [4.69, 9.17) is 14.0 Å². The summed E-state index contributed by atoms with van der Waals surface area (Å²) in [6.07, 6.45) is 0. The maximum absolute atomic E-state index is 10.3. The summed E-state index contributed by atoms with van der Waals surface area (Å²) >= 11 is 0. The molecule has 0 radical (unpaired) electrons. The molecule has 1 saturated heterocycles. The van der Waals surface area contributed by atoms with Crippen molar-refractivity contribution in [3.05, 3.63) is 0 Å². The summed E-state index contributed by atoms with van der Waals surface area (Å²) < 4.78 is 40.4. The SMILES string of the molecule is CC1(NS(=O)(=O)O)OCCO1. The van der Waals surface area contributed by atoms with Gasteiger partial charge < -0.3 is 9.47 Å². The van der Waals surface area contributed by atoms with Gasteiger partial charge in [-0.2, -0.15) is 8.42 Å². The Balaban J connectivity index is 2.60. The van der Waals surface area contributed by atoms with Crippen LogP contribution in [0.3, 0.4) is 0 Å². The topological polar surface area (TPSA) is 84.9 Å². The van der Waals surface area contributed by atoms with Crippen LogP contribution >= 0.6 is 0 Å². The molecule has 0 aromatic rings. The second-order valence-electron chi connectivity index (χ2n) is 2.22. The highest BCUT2D eigenvalue weighted by Gasteiger charge is 2.34. The molecule has 1 rings (SSSR count). The lowest BCUT2D eigenvalue weighted by Crippen LogP contribution is -2.46. The lowest BCUT2D eigenvalue weighted by Gasteiger charge is -2.20. The summed E-state index contributed by atoms with van der Waals surface area (Å²) in [5, 5.41) is 0. The molecule has 0 atom stereocenters. The molecule has 6 nitrogen and oxygen atoms in total. The average Bonchev–Trinajstić information content (AvgIpc) is 2.09. The Bertz CT molecular complexity index is 229. The Morgan fingerprint density at radius 2 is 1.91 bits per heavy atom. The molecule has 1 heterocycles. The van der Waals surface area contributed by atoms with Crippen molar-refractivity contribution in [3.8, 4) is 0 Å². The largest absolute Gasteiger partial charge is 0.337 e. The zero-order valence-corrected chi connectivity index (χ0v) is 6.72. The highest BCUT2D eigenvalue weighted by atomic mass is 32.2. The molecule has 0 aromatic heterocycles. The van der Waals surface area contributed by atoms with Gasteiger partial charge in [0.05, 0.1) is 13.2 Å². The van der Waals surface area contributed by atoms with Crippen molar-refractivity contribution in [1.82, 2.24) is 4.72 Å². The first-order chi connectivity index (χ1) is 4.91. The third-order valence-corrected chi connectivity index (χ3v) is 1.78. The Morgan fingerprint density at radius 3 is 2.27 bits per heavy atom. The van der Waals surface area contributed by atoms with Crippen molar-refractivity contribution < 1.29 is 22.4 Å². The molecule has 1 aliphatic heterocycles. The Labute approximate surface area is 64.4 Å². The molecular weight excluding hydrogens is 174 g/mol. The zero-order valence-electron chi connectivity index (χ0n) is 5.90. The van der Waals surface area contributed by atoms with Gasteiger partial charge in [0.15, 0.2) is 0 Å². The van der Waals surface area contributed by atoms with E-state index in [1.54, 1.807) is 4.72 Å². The van der Waals surface area contributed by atoms with Crippen LogP contribution < -0.4 is 4.72 Å². The van der Waals surface area contributed by atoms with Crippen molar-refractivity contribution in [3.63, 3.8) is 0 Å². The molecule has 66 valence electrons. The van der Waals surface area contributed by atoms with Crippen LogP contribution in [-0.4, -0.2) is 32.1 Å². The molecule has 1 fully saturated rings. The average molecular weight is 183 g/mol. The van der Waals surface area contributed by atoms with Crippen LogP contribution in [0.4, 0.5) is 0 Å². The van der Waals surface area contributed by atoms with Crippen LogP contribution in [0.5, 0.6) is 0 Å². The maximum atomic E-state index is 10.3. The van der Waals surface area contributed by atoms with E-state index in [2.05, 4.69) is 0 Å². The number of hydrogen-bond donors (Lipinski definition) is 2. The van der Waals surface area contributed by atoms with Gasteiger partial charge in [-0.25, -0.2) is 0 Å². The normalized spacial score (nSPS) is 23.8. The molecule has 1 aliphatic rings. The van der Waals surface area contributed by atoms with Crippen molar-refractivity contribution in [2.24, 2.45) is 0 Å². The molecule has 2 N–H and O–H groups in total. The van der Waals surface area contributed by atoms with E-state index in [0.717, 1.165) is 0 Å². The minimum absolute atomic E-state index is 0.305. The maximum Gasteiger partial charge on any atom is 0.337 e. The molecule has 0 unspecified atom stereocenters. The van der Waals surface area contributed by atoms with Gasteiger partial charge >= 0.3 is 10.3 Å². The van der Waals surface area contributed by atoms with E-state index in [0.29, 0.717) is 13.2 Å².